The molecule has 2 rings (SSSR count). The Hall–Kier alpha value is -1.66. The quantitative estimate of drug-likeness (QED) is 0.666. The van der Waals surface area contributed by atoms with E-state index in [2.05, 4.69) is 5.32 Å². The van der Waals surface area contributed by atoms with E-state index >= 15 is 0 Å². The second-order valence-electron chi connectivity index (χ2n) is 7.25. The van der Waals surface area contributed by atoms with Crippen molar-refractivity contribution in [3.05, 3.63) is 29.6 Å². The fourth-order valence-electron chi connectivity index (χ4n) is 3.20. The monoisotopic (exact) mass is 381 g/mol. The number of nitrogens with one attached hydrogen (secondary N) is 1. The molecule has 0 unspecified atom stereocenters. The number of benzene rings is 1. The highest BCUT2D eigenvalue weighted by molar-refractivity contribution is 5.73. The molecule has 0 aromatic heterocycles. The first-order valence-electron chi connectivity index (χ1n) is 9.89. The standard InChI is InChI=1S/C21H32FNO4/c1-4-11-25-20-6-5-17(21(22)12-20)14-27-19-9-7-18(8-10-19)26-13-15(2)23-16(3)24/h5-6,12,15,18-19H,4,7-11,13-14H2,1-3H3,(H,23,24)/t15-,18?,19?/m0/s1. The first-order valence-corrected chi connectivity index (χ1v) is 9.89. The van der Waals surface area contributed by atoms with E-state index in [9.17, 15) is 9.18 Å². The lowest BCUT2D eigenvalue weighted by Crippen LogP contribution is -2.36. The largest absolute Gasteiger partial charge is 0.494 e. The number of hydrogen-bond acceptors (Lipinski definition) is 4. The maximum Gasteiger partial charge on any atom is 0.217 e. The van der Waals surface area contributed by atoms with Gasteiger partial charge in [0.1, 0.15) is 11.6 Å². The van der Waals surface area contributed by atoms with Crippen LogP contribution in [0.5, 0.6) is 5.75 Å². The van der Waals surface area contributed by atoms with Crippen molar-refractivity contribution in [3.8, 4) is 5.75 Å². The Morgan fingerprint density at radius 2 is 1.89 bits per heavy atom. The lowest BCUT2D eigenvalue weighted by molar-refractivity contribution is -0.120. The lowest BCUT2D eigenvalue weighted by Gasteiger charge is -2.29. The van der Waals surface area contributed by atoms with Crippen LogP contribution < -0.4 is 10.1 Å². The summed E-state index contributed by atoms with van der Waals surface area (Å²) in [7, 11) is 0. The third kappa shape index (κ3) is 7.85. The van der Waals surface area contributed by atoms with Crippen molar-refractivity contribution in [2.75, 3.05) is 13.2 Å². The van der Waals surface area contributed by atoms with Crippen LogP contribution in [0.1, 0.15) is 58.4 Å². The molecule has 1 aliphatic carbocycles. The molecular formula is C21H32FNO4. The Kier molecular flexibility index (Phi) is 9.01. The zero-order valence-corrected chi connectivity index (χ0v) is 16.6. The van der Waals surface area contributed by atoms with Crippen molar-refractivity contribution in [2.45, 2.75) is 77.7 Å². The Labute approximate surface area is 161 Å². The van der Waals surface area contributed by atoms with Gasteiger partial charge in [0.15, 0.2) is 0 Å². The van der Waals surface area contributed by atoms with E-state index in [1.165, 1.54) is 13.0 Å². The number of carbonyl (C=O) groups excluding carboxylic acids is 1. The van der Waals surface area contributed by atoms with Crippen LogP contribution in [0.15, 0.2) is 18.2 Å². The van der Waals surface area contributed by atoms with E-state index in [4.69, 9.17) is 14.2 Å². The SMILES string of the molecule is CCCOc1ccc(COC2CCC(OC[C@H](C)NC(C)=O)CC2)c(F)c1. The summed E-state index contributed by atoms with van der Waals surface area (Å²) in [6.07, 6.45) is 4.87. The summed E-state index contributed by atoms with van der Waals surface area (Å²) >= 11 is 0. The molecule has 152 valence electrons. The number of rotatable bonds is 10. The van der Waals surface area contributed by atoms with Crippen LogP contribution in [0, 0.1) is 5.82 Å². The zero-order chi connectivity index (χ0) is 19.6. The molecule has 1 fully saturated rings. The minimum Gasteiger partial charge on any atom is -0.494 e. The third-order valence-corrected chi connectivity index (χ3v) is 4.62. The predicted octanol–water partition coefficient (Wildman–Crippen LogP) is 3.98. The molecule has 1 N–H and O–H groups in total. The van der Waals surface area contributed by atoms with E-state index in [-0.39, 0.29) is 36.6 Å². The van der Waals surface area contributed by atoms with Crippen LogP contribution in [0.2, 0.25) is 0 Å². The zero-order valence-electron chi connectivity index (χ0n) is 16.6. The number of halogens is 1. The highest BCUT2D eigenvalue weighted by Crippen LogP contribution is 2.25. The van der Waals surface area contributed by atoms with Gasteiger partial charge in [-0.05, 0) is 45.1 Å². The molecule has 0 saturated heterocycles. The van der Waals surface area contributed by atoms with Crippen LogP contribution in [0.4, 0.5) is 4.39 Å². The van der Waals surface area contributed by atoms with Gasteiger partial charge >= 0.3 is 0 Å². The Bertz CT molecular complexity index is 588. The predicted molar refractivity (Wildman–Crippen MR) is 102 cm³/mol. The smallest absolute Gasteiger partial charge is 0.217 e. The second-order valence-corrected chi connectivity index (χ2v) is 7.25. The van der Waals surface area contributed by atoms with E-state index in [0.29, 0.717) is 24.5 Å². The Morgan fingerprint density at radius 1 is 1.22 bits per heavy atom. The molecule has 1 saturated carbocycles. The molecule has 1 aliphatic rings. The summed E-state index contributed by atoms with van der Waals surface area (Å²) in [5, 5.41) is 2.82. The van der Waals surface area contributed by atoms with Crippen molar-refractivity contribution in [2.24, 2.45) is 0 Å². The summed E-state index contributed by atoms with van der Waals surface area (Å²) in [4.78, 5) is 11.0. The average Bonchev–Trinajstić information content (AvgIpc) is 2.64. The van der Waals surface area contributed by atoms with Crippen LogP contribution in [0.3, 0.4) is 0 Å². The maximum absolute atomic E-state index is 14.2. The van der Waals surface area contributed by atoms with Gasteiger partial charge in [0.05, 0.1) is 32.0 Å². The third-order valence-electron chi connectivity index (χ3n) is 4.62. The lowest BCUT2D eigenvalue weighted by atomic mass is 9.95. The molecule has 6 heteroatoms. The first-order chi connectivity index (χ1) is 13.0. The molecule has 5 nitrogen and oxygen atoms in total. The summed E-state index contributed by atoms with van der Waals surface area (Å²) in [6, 6.07) is 4.97. The second kappa shape index (κ2) is 11.2. The summed E-state index contributed by atoms with van der Waals surface area (Å²) in [6.45, 7) is 6.84. The van der Waals surface area contributed by atoms with Crippen LogP contribution in [0.25, 0.3) is 0 Å². The van der Waals surface area contributed by atoms with Gasteiger partial charge in [0.25, 0.3) is 0 Å². The van der Waals surface area contributed by atoms with E-state index in [0.717, 1.165) is 32.1 Å². The van der Waals surface area contributed by atoms with Gasteiger partial charge in [0.2, 0.25) is 5.91 Å². The van der Waals surface area contributed by atoms with E-state index in [1.807, 2.05) is 13.8 Å². The van der Waals surface area contributed by atoms with Gasteiger partial charge in [-0.1, -0.05) is 13.0 Å². The van der Waals surface area contributed by atoms with Gasteiger partial charge in [0, 0.05) is 24.6 Å². The maximum atomic E-state index is 14.2. The van der Waals surface area contributed by atoms with Crippen molar-refractivity contribution < 1.29 is 23.4 Å². The molecule has 0 aliphatic heterocycles. The van der Waals surface area contributed by atoms with Gasteiger partial charge in [-0.2, -0.15) is 0 Å². The number of amides is 1. The molecule has 1 aromatic carbocycles. The van der Waals surface area contributed by atoms with Crippen molar-refractivity contribution in [3.63, 3.8) is 0 Å². The van der Waals surface area contributed by atoms with Crippen LogP contribution in [-0.4, -0.2) is 37.4 Å². The minimum absolute atomic E-state index is 0.0173. The molecule has 1 atom stereocenters. The van der Waals surface area contributed by atoms with Crippen LogP contribution in [-0.2, 0) is 20.9 Å². The fraction of sp³-hybridized carbons (Fsp3) is 0.667. The molecule has 0 radical (unpaired) electrons. The number of hydrogen-bond donors (Lipinski definition) is 1. The van der Waals surface area contributed by atoms with Gasteiger partial charge in [-0.15, -0.1) is 0 Å². The number of carbonyl (C=O) groups is 1. The fourth-order valence-corrected chi connectivity index (χ4v) is 3.20. The van der Waals surface area contributed by atoms with Crippen molar-refractivity contribution in [1.82, 2.24) is 5.32 Å². The van der Waals surface area contributed by atoms with Crippen molar-refractivity contribution >= 4 is 5.91 Å². The molecule has 0 heterocycles. The first kappa shape index (κ1) is 21.6. The van der Waals surface area contributed by atoms with E-state index < -0.39 is 0 Å². The molecule has 0 spiro atoms. The highest BCUT2D eigenvalue weighted by atomic mass is 19.1. The molecule has 1 aromatic rings. The molecule has 0 bridgehead atoms. The summed E-state index contributed by atoms with van der Waals surface area (Å²) in [5.74, 6) is 0.234. The van der Waals surface area contributed by atoms with Crippen LogP contribution >= 0.6 is 0 Å². The van der Waals surface area contributed by atoms with Gasteiger partial charge in [-0.3, -0.25) is 4.79 Å². The Balaban J connectivity index is 1.68. The topological polar surface area (TPSA) is 56.8 Å². The highest BCUT2D eigenvalue weighted by Gasteiger charge is 2.23. The Morgan fingerprint density at radius 3 is 2.48 bits per heavy atom. The normalized spacial score (nSPS) is 20.9. The summed E-state index contributed by atoms with van der Waals surface area (Å²) in [5.41, 5.74) is 0.557. The van der Waals surface area contributed by atoms with Crippen molar-refractivity contribution in [1.29, 1.82) is 0 Å². The molecule has 1 amide bonds. The minimum atomic E-state index is -0.285. The average molecular weight is 381 g/mol. The van der Waals surface area contributed by atoms with Gasteiger partial charge in [-0.25, -0.2) is 4.39 Å². The molecular weight excluding hydrogens is 349 g/mol. The van der Waals surface area contributed by atoms with E-state index in [1.54, 1.807) is 12.1 Å². The summed E-state index contributed by atoms with van der Waals surface area (Å²) < 4.78 is 31.4. The molecule has 27 heavy (non-hydrogen) atoms. The van der Waals surface area contributed by atoms with Gasteiger partial charge < -0.3 is 19.5 Å². The number of ether oxygens (including phenoxy) is 3.